The zero-order valence-electron chi connectivity index (χ0n) is 11.3. The Morgan fingerprint density at radius 2 is 1.84 bits per heavy atom. The van der Waals surface area contributed by atoms with Crippen LogP contribution < -0.4 is 5.32 Å². The molecule has 0 saturated carbocycles. The van der Waals surface area contributed by atoms with Crippen LogP contribution >= 0.6 is 0 Å². The smallest absolute Gasteiger partial charge is 0.303 e. The predicted octanol–water partition coefficient (Wildman–Crippen LogP) is 1.27. The van der Waals surface area contributed by atoms with Gasteiger partial charge in [-0.15, -0.1) is 0 Å². The lowest BCUT2D eigenvalue weighted by Crippen LogP contribution is -2.34. The number of hydrogen-bond acceptors (Lipinski definition) is 3. The van der Waals surface area contributed by atoms with Crippen molar-refractivity contribution in [2.75, 3.05) is 20.6 Å². The van der Waals surface area contributed by atoms with Gasteiger partial charge in [0.05, 0.1) is 12.5 Å². The second kappa shape index (κ2) is 7.53. The van der Waals surface area contributed by atoms with Gasteiger partial charge in [0.15, 0.2) is 0 Å². The summed E-state index contributed by atoms with van der Waals surface area (Å²) in [7, 11) is 3.89. The van der Waals surface area contributed by atoms with E-state index >= 15 is 0 Å². The molecule has 0 spiro atoms. The van der Waals surface area contributed by atoms with E-state index in [-0.39, 0.29) is 24.8 Å². The SMILES string of the molecule is CN(C)C(CNC(=O)CCC(=O)O)c1ccccc1. The quantitative estimate of drug-likeness (QED) is 0.778. The van der Waals surface area contributed by atoms with E-state index < -0.39 is 5.97 Å². The minimum Gasteiger partial charge on any atom is -0.481 e. The Labute approximate surface area is 113 Å². The van der Waals surface area contributed by atoms with E-state index in [1.54, 1.807) is 0 Å². The molecule has 0 aliphatic heterocycles. The number of carbonyl (C=O) groups is 2. The summed E-state index contributed by atoms with van der Waals surface area (Å²) < 4.78 is 0. The fourth-order valence-corrected chi connectivity index (χ4v) is 1.79. The van der Waals surface area contributed by atoms with E-state index in [1.165, 1.54) is 0 Å². The monoisotopic (exact) mass is 264 g/mol. The highest BCUT2D eigenvalue weighted by atomic mass is 16.4. The fourth-order valence-electron chi connectivity index (χ4n) is 1.79. The van der Waals surface area contributed by atoms with Gasteiger partial charge in [-0.1, -0.05) is 30.3 Å². The summed E-state index contributed by atoms with van der Waals surface area (Å²) in [5, 5.41) is 11.3. The number of nitrogens with one attached hydrogen (secondary N) is 1. The third kappa shape index (κ3) is 5.52. The summed E-state index contributed by atoms with van der Waals surface area (Å²) in [6, 6.07) is 9.95. The van der Waals surface area contributed by atoms with Gasteiger partial charge in [-0.05, 0) is 19.7 Å². The van der Waals surface area contributed by atoms with Crippen LogP contribution in [0, 0.1) is 0 Å². The highest BCUT2D eigenvalue weighted by molar-refractivity contribution is 5.80. The van der Waals surface area contributed by atoms with Crippen LogP contribution in [-0.4, -0.2) is 42.5 Å². The Kier molecular flexibility index (Phi) is 6.02. The molecule has 0 saturated heterocycles. The van der Waals surface area contributed by atoms with Crippen LogP contribution in [0.5, 0.6) is 0 Å². The molecule has 0 heterocycles. The van der Waals surface area contributed by atoms with Crippen LogP contribution in [0.1, 0.15) is 24.4 Å². The largest absolute Gasteiger partial charge is 0.481 e. The van der Waals surface area contributed by atoms with Crippen LogP contribution in [0.2, 0.25) is 0 Å². The van der Waals surface area contributed by atoms with Crippen molar-refractivity contribution in [2.45, 2.75) is 18.9 Å². The Morgan fingerprint density at radius 1 is 1.21 bits per heavy atom. The molecule has 1 rings (SSSR count). The molecule has 0 aromatic heterocycles. The fraction of sp³-hybridized carbons (Fsp3) is 0.429. The second-order valence-electron chi connectivity index (χ2n) is 4.59. The number of carbonyl (C=O) groups excluding carboxylic acids is 1. The van der Waals surface area contributed by atoms with Crippen LogP contribution in [-0.2, 0) is 9.59 Å². The van der Waals surface area contributed by atoms with Crippen molar-refractivity contribution < 1.29 is 14.7 Å². The van der Waals surface area contributed by atoms with Gasteiger partial charge in [0, 0.05) is 13.0 Å². The number of nitrogens with zero attached hydrogens (tertiary/aromatic N) is 1. The highest BCUT2D eigenvalue weighted by Crippen LogP contribution is 2.16. The zero-order valence-corrected chi connectivity index (χ0v) is 11.3. The molecule has 19 heavy (non-hydrogen) atoms. The minimum absolute atomic E-state index is 0.0181. The van der Waals surface area contributed by atoms with Gasteiger partial charge in [0.1, 0.15) is 0 Å². The van der Waals surface area contributed by atoms with Gasteiger partial charge in [-0.2, -0.15) is 0 Å². The third-order valence-corrected chi connectivity index (χ3v) is 2.87. The van der Waals surface area contributed by atoms with Crippen LogP contribution in [0.15, 0.2) is 30.3 Å². The summed E-state index contributed by atoms with van der Waals surface area (Å²) >= 11 is 0. The van der Waals surface area contributed by atoms with Crippen molar-refractivity contribution in [1.29, 1.82) is 0 Å². The van der Waals surface area contributed by atoms with Crippen molar-refractivity contribution in [1.82, 2.24) is 10.2 Å². The molecule has 5 nitrogen and oxygen atoms in total. The summed E-state index contributed by atoms with van der Waals surface area (Å²) in [5.74, 6) is -1.19. The first-order valence-corrected chi connectivity index (χ1v) is 6.20. The molecule has 1 aromatic carbocycles. The highest BCUT2D eigenvalue weighted by Gasteiger charge is 2.15. The average molecular weight is 264 g/mol. The number of likely N-dealkylation sites (N-methyl/N-ethyl adjacent to an activating group) is 1. The van der Waals surface area contributed by atoms with Gasteiger partial charge < -0.3 is 15.3 Å². The topological polar surface area (TPSA) is 69.6 Å². The molecule has 1 amide bonds. The molecule has 0 aliphatic rings. The summed E-state index contributed by atoms with van der Waals surface area (Å²) in [6.07, 6.45) is -0.117. The Morgan fingerprint density at radius 3 is 2.37 bits per heavy atom. The molecular formula is C14H20N2O3. The minimum atomic E-state index is -0.956. The predicted molar refractivity (Wildman–Crippen MR) is 72.7 cm³/mol. The first kappa shape index (κ1) is 15.2. The molecule has 1 aromatic rings. The molecule has 104 valence electrons. The van der Waals surface area contributed by atoms with Crippen LogP contribution in [0.25, 0.3) is 0 Å². The molecule has 0 bridgehead atoms. The molecule has 0 fully saturated rings. The molecular weight excluding hydrogens is 244 g/mol. The summed E-state index contributed by atoms with van der Waals surface area (Å²) in [5.41, 5.74) is 1.12. The number of carboxylic acids is 1. The lowest BCUT2D eigenvalue weighted by molar-refractivity contribution is -0.138. The molecule has 0 aliphatic carbocycles. The lowest BCUT2D eigenvalue weighted by atomic mass is 10.1. The number of rotatable bonds is 7. The first-order valence-electron chi connectivity index (χ1n) is 6.20. The summed E-state index contributed by atoms with van der Waals surface area (Å²) in [4.78, 5) is 23.9. The van der Waals surface area contributed by atoms with Gasteiger partial charge in [-0.3, -0.25) is 9.59 Å². The standard InChI is InChI=1S/C14H20N2O3/c1-16(2)12(11-6-4-3-5-7-11)10-15-13(17)8-9-14(18)19/h3-7,12H,8-10H2,1-2H3,(H,15,17)(H,18,19). The normalized spacial score (nSPS) is 12.2. The second-order valence-corrected chi connectivity index (χ2v) is 4.59. The van der Waals surface area contributed by atoms with Crippen molar-refractivity contribution in [2.24, 2.45) is 0 Å². The van der Waals surface area contributed by atoms with E-state index in [9.17, 15) is 9.59 Å². The Balaban J connectivity index is 2.52. The number of benzene rings is 1. The van der Waals surface area contributed by atoms with Crippen LogP contribution in [0.3, 0.4) is 0 Å². The number of hydrogen-bond donors (Lipinski definition) is 2. The Bertz CT molecular complexity index is 418. The lowest BCUT2D eigenvalue weighted by Gasteiger charge is -2.25. The Hall–Kier alpha value is -1.88. The maximum Gasteiger partial charge on any atom is 0.303 e. The van der Waals surface area contributed by atoms with E-state index in [2.05, 4.69) is 5.32 Å². The van der Waals surface area contributed by atoms with Crippen molar-refractivity contribution in [3.8, 4) is 0 Å². The molecule has 1 atom stereocenters. The van der Waals surface area contributed by atoms with E-state index in [0.717, 1.165) is 5.56 Å². The summed E-state index contributed by atoms with van der Waals surface area (Å²) in [6.45, 7) is 0.468. The third-order valence-electron chi connectivity index (χ3n) is 2.87. The van der Waals surface area contributed by atoms with Crippen LogP contribution in [0.4, 0.5) is 0 Å². The molecule has 2 N–H and O–H groups in total. The van der Waals surface area contributed by atoms with E-state index in [4.69, 9.17) is 5.11 Å². The van der Waals surface area contributed by atoms with Crippen molar-refractivity contribution in [3.63, 3.8) is 0 Å². The van der Waals surface area contributed by atoms with Gasteiger partial charge in [0.2, 0.25) is 5.91 Å². The molecule has 0 radical (unpaired) electrons. The van der Waals surface area contributed by atoms with Gasteiger partial charge in [-0.25, -0.2) is 0 Å². The van der Waals surface area contributed by atoms with Gasteiger partial charge >= 0.3 is 5.97 Å². The number of carboxylic acid groups (broad SMARTS) is 1. The van der Waals surface area contributed by atoms with E-state index in [1.807, 2.05) is 49.3 Å². The average Bonchev–Trinajstić information content (AvgIpc) is 2.37. The van der Waals surface area contributed by atoms with Crippen molar-refractivity contribution in [3.05, 3.63) is 35.9 Å². The number of amides is 1. The maximum atomic E-state index is 11.5. The van der Waals surface area contributed by atoms with Gasteiger partial charge in [0.25, 0.3) is 0 Å². The number of aliphatic carboxylic acids is 1. The maximum absolute atomic E-state index is 11.5. The van der Waals surface area contributed by atoms with Crippen molar-refractivity contribution >= 4 is 11.9 Å². The molecule has 5 heteroatoms. The first-order chi connectivity index (χ1) is 9.00. The zero-order chi connectivity index (χ0) is 14.3. The molecule has 1 unspecified atom stereocenters. The van der Waals surface area contributed by atoms with E-state index in [0.29, 0.717) is 6.54 Å².